The Morgan fingerprint density at radius 1 is 1.21 bits per heavy atom. The number of carbonyl (C=O) groups excluding carboxylic acids is 2. The van der Waals surface area contributed by atoms with E-state index in [-0.39, 0.29) is 17.6 Å². The fraction of sp³-hybridized carbons (Fsp3) is 0.727. The van der Waals surface area contributed by atoms with Crippen molar-refractivity contribution in [3.63, 3.8) is 0 Å². The second-order valence-corrected chi connectivity index (χ2v) is 9.76. The fourth-order valence-electron chi connectivity index (χ4n) is 4.42. The molecule has 1 unspecified atom stereocenters. The summed E-state index contributed by atoms with van der Waals surface area (Å²) in [6, 6.07) is -0.621. The van der Waals surface area contributed by atoms with Gasteiger partial charge < -0.3 is 27.0 Å². The van der Waals surface area contributed by atoms with Crippen LogP contribution in [0.5, 0.6) is 0 Å². The van der Waals surface area contributed by atoms with Gasteiger partial charge in [0.1, 0.15) is 0 Å². The molecule has 2 aliphatic rings. The van der Waals surface area contributed by atoms with Crippen molar-refractivity contribution in [3.8, 4) is 0 Å². The molecule has 6 N–H and O–H groups in total. The van der Waals surface area contributed by atoms with Crippen LogP contribution < -0.4 is 22.1 Å². The van der Waals surface area contributed by atoms with Crippen LogP contribution in [0.3, 0.4) is 0 Å². The zero-order chi connectivity index (χ0) is 23.5. The van der Waals surface area contributed by atoms with Crippen molar-refractivity contribution >= 4 is 29.0 Å². The number of nitrogens with one attached hydrogen (secondary N) is 2. The summed E-state index contributed by atoms with van der Waals surface area (Å²) in [6.45, 7) is 7.87. The van der Waals surface area contributed by atoms with Crippen LogP contribution in [0.2, 0.25) is 0 Å². The molecule has 33 heavy (non-hydrogen) atoms. The minimum Gasteiger partial charge on any atom is -0.370 e. The van der Waals surface area contributed by atoms with Gasteiger partial charge in [0.05, 0.1) is 12.6 Å². The van der Waals surface area contributed by atoms with E-state index in [2.05, 4.69) is 30.4 Å². The average molecular weight is 479 g/mol. The molecule has 0 aromatic carbocycles. The maximum absolute atomic E-state index is 12.8. The van der Waals surface area contributed by atoms with Gasteiger partial charge >= 0.3 is 0 Å². The Morgan fingerprint density at radius 3 is 2.61 bits per heavy atom. The lowest BCUT2D eigenvalue weighted by molar-refractivity contribution is -0.123. The molecule has 0 radical (unpaired) electrons. The molecular formula is C22H38N8O2S. The summed E-state index contributed by atoms with van der Waals surface area (Å²) < 4.78 is 0. The lowest BCUT2D eigenvalue weighted by Gasteiger charge is -2.35. The molecular weight excluding hydrogens is 440 g/mol. The number of nitrogens with zero attached hydrogens (tertiary/aromatic N) is 4. The Labute approximate surface area is 200 Å². The van der Waals surface area contributed by atoms with Crippen molar-refractivity contribution in [1.82, 2.24) is 25.4 Å². The third-order valence-corrected chi connectivity index (χ3v) is 7.17. The van der Waals surface area contributed by atoms with E-state index in [1.165, 1.54) is 30.6 Å². The number of amides is 1. The maximum atomic E-state index is 12.8. The van der Waals surface area contributed by atoms with Gasteiger partial charge in [-0.25, -0.2) is 4.98 Å². The first-order chi connectivity index (χ1) is 16.0. The van der Waals surface area contributed by atoms with Gasteiger partial charge in [-0.3, -0.25) is 19.5 Å². The number of nitrogens with two attached hydrogens (primary N) is 2. The van der Waals surface area contributed by atoms with E-state index in [4.69, 9.17) is 11.5 Å². The van der Waals surface area contributed by atoms with Gasteiger partial charge in [-0.2, -0.15) is 0 Å². The van der Waals surface area contributed by atoms with Crippen LogP contribution in [-0.4, -0.2) is 97.4 Å². The number of piperazine rings is 1. The maximum Gasteiger partial charge on any atom is 0.234 e. The smallest absolute Gasteiger partial charge is 0.234 e. The van der Waals surface area contributed by atoms with Gasteiger partial charge in [0, 0.05) is 44.3 Å². The molecule has 2 fully saturated rings. The van der Waals surface area contributed by atoms with Crippen LogP contribution >= 0.6 is 11.3 Å². The van der Waals surface area contributed by atoms with Gasteiger partial charge in [-0.15, -0.1) is 11.3 Å². The second kappa shape index (κ2) is 13.6. The molecule has 1 atom stereocenters. The summed E-state index contributed by atoms with van der Waals surface area (Å²) in [7, 11) is 0. The number of thiazole rings is 1. The molecule has 10 nitrogen and oxygen atoms in total. The zero-order valence-electron chi connectivity index (χ0n) is 19.4. The molecule has 0 spiro atoms. The molecule has 184 valence electrons. The topological polar surface area (TPSA) is 142 Å². The average Bonchev–Trinajstić information content (AvgIpc) is 3.36. The van der Waals surface area contributed by atoms with E-state index in [0.717, 1.165) is 51.7 Å². The molecule has 3 heterocycles. The quantitative estimate of drug-likeness (QED) is 0.141. The van der Waals surface area contributed by atoms with E-state index in [1.807, 2.05) is 0 Å². The summed E-state index contributed by atoms with van der Waals surface area (Å²) in [5, 5.41) is 8.52. The fourth-order valence-corrected chi connectivity index (χ4v) is 5.05. The molecule has 2 saturated heterocycles. The Balaban J connectivity index is 1.41. The number of Topliss-reactive ketones (excluding diaryl/α,β-unsaturated/α-hetero) is 1. The monoisotopic (exact) mass is 478 g/mol. The lowest BCUT2D eigenvalue weighted by atomic mass is 9.94. The number of rotatable bonds is 12. The van der Waals surface area contributed by atoms with Crippen molar-refractivity contribution in [3.05, 3.63) is 16.6 Å². The largest absolute Gasteiger partial charge is 0.370 e. The summed E-state index contributed by atoms with van der Waals surface area (Å²) in [5.74, 6) is 0.576. The molecule has 1 aromatic rings. The first-order valence-corrected chi connectivity index (χ1v) is 12.8. The number of guanidine groups is 1. The van der Waals surface area contributed by atoms with Gasteiger partial charge in [0.25, 0.3) is 0 Å². The van der Waals surface area contributed by atoms with Crippen LogP contribution in [0.1, 0.15) is 41.9 Å². The Morgan fingerprint density at radius 2 is 1.94 bits per heavy atom. The predicted octanol–water partition coefficient (Wildman–Crippen LogP) is -0.128. The van der Waals surface area contributed by atoms with Crippen LogP contribution in [0.25, 0.3) is 0 Å². The third kappa shape index (κ3) is 9.00. The standard InChI is InChI=1S/C22H38N8O2S/c23-22(24)27-6-1-2-18(20(32)21-26-9-15-33-21)28-19(31)16-30-13-11-29(12-14-30)10-5-17-3-7-25-8-4-17/h9,15,17-18,25H,1-8,10-14,16H2,(H,28,31)(H4,23,24,27). The van der Waals surface area contributed by atoms with Crippen LogP contribution in [-0.2, 0) is 4.79 Å². The Kier molecular flexibility index (Phi) is 10.5. The van der Waals surface area contributed by atoms with Crippen molar-refractivity contribution in [2.45, 2.75) is 38.1 Å². The zero-order valence-corrected chi connectivity index (χ0v) is 20.2. The first-order valence-electron chi connectivity index (χ1n) is 11.9. The summed E-state index contributed by atoms with van der Waals surface area (Å²) in [6.07, 6.45) is 6.49. The second-order valence-electron chi connectivity index (χ2n) is 8.87. The van der Waals surface area contributed by atoms with Crippen LogP contribution in [0.15, 0.2) is 16.6 Å². The van der Waals surface area contributed by atoms with Crippen molar-refractivity contribution in [2.75, 3.05) is 58.9 Å². The molecule has 0 aliphatic carbocycles. The van der Waals surface area contributed by atoms with Crippen molar-refractivity contribution < 1.29 is 9.59 Å². The van der Waals surface area contributed by atoms with Gasteiger partial charge in [0.2, 0.25) is 11.7 Å². The highest BCUT2D eigenvalue weighted by atomic mass is 32.1. The summed E-state index contributed by atoms with van der Waals surface area (Å²) in [4.78, 5) is 38.3. The van der Waals surface area contributed by atoms with Crippen LogP contribution in [0, 0.1) is 5.92 Å². The molecule has 1 amide bonds. The molecule has 3 rings (SSSR count). The summed E-state index contributed by atoms with van der Waals surface area (Å²) in [5.41, 5.74) is 10.7. The number of ketones is 1. The molecule has 0 bridgehead atoms. The number of hydrogen-bond acceptors (Lipinski definition) is 8. The van der Waals surface area contributed by atoms with E-state index in [1.54, 1.807) is 11.6 Å². The molecule has 1 aromatic heterocycles. The normalized spacial score (nSPS) is 19.2. The SMILES string of the molecule is NC(N)=NCCCC(NC(=O)CN1CCN(CCC2CCNCC2)CC1)C(=O)c1nccs1. The molecule has 11 heteroatoms. The number of aliphatic imine (C=N–C) groups is 1. The first kappa shape index (κ1) is 25.5. The molecule has 2 aliphatic heterocycles. The van der Waals surface area contributed by atoms with Gasteiger partial charge in [0.15, 0.2) is 11.0 Å². The number of piperidine rings is 1. The van der Waals surface area contributed by atoms with E-state index in [9.17, 15) is 9.59 Å². The van der Waals surface area contributed by atoms with E-state index in [0.29, 0.717) is 30.9 Å². The number of aromatic nitrogens is 1. The predicted molar refractivity (Wildman–Crippen MR) is 131 cm³/mol. The van der Waals surface area contributed by atoms with E-state index < -0.39 is 6.04 Å². The Hall–Kier alpha value is -2.08. The highest BCUT2D eigenvalue weighted by Gasteiger charge is 2.26. The third-order valence-electron chi connectivity index (χ3n) is 6.38. The van der Waals surface area contributed by atoms with Crippen LogP contribution in [0.4, 0.5) is 0 Å². The van der Waals surface area contributed by atoms with Crippen molar-refractivity contribution in [2.24, 2.45) is 22.4 Å². The minimum absolute atomic E-state index is 0.0247. The van der Waals surface area contributed by atoms with Crippen molar-refractivity contribution in [1.29, 1.82) is 0 Å². The lowest BCUT2D eigenvalue weighted by Crippen LogP contribution is -2.51. The highest BCUT2D eigenvalue weighted by molar-refractivity contribution is 7.11. The minimum atomic E-state index is -0.621. The summed E-state index contributed by atoms with van der Waals surface area (Å²) >= 11 is 1.28. The Bertz CT molecular complexity index is 754. The van der Waals surface area contributed by atoms with Gasteiger partial charge in [-0.05, 0) is 57.7 Å². The number of carbonyl (C=O) groups is 2. The molecule has 0 saturated carbocycles. The number of hydrogen-bond donors (Lipinski definition) is 4. The van der Waals surface area contributed by atoms with E-state index >= 15 is 0 Å². The van der Waals surface area contributed by atoms with Gasteiger partial charge in [-0.1, -0.05) is 0 Å². The highest BCUT2D eigenvalue weighted by Crippen LogP contribution is 2.17.